The number of rotatable bonds is 5. The van der Waals surface area contributed by atoms with Crippen LogP contribution in [0.2, 0.25) is 0 Å². The number of fused-ring (bicyclic) bond motifs is 9. The standard InChI is InChI=1S/C54H34N2O/c1-3-12-35(13-4-1)37-16-11-17-41(30-37)55-49-20-9-7-18-43(49)46-31-39(22-27-51(46)55)40-23-28-52-47(32-40)44-19-8-10-21-50(44)56(52)42-25-26-45-48-33-38(36-14-5-2-6-15-36)24-29-53(48)57-54(45)34-42/h1-34H/i2D,5D,6D,7D,8D,9D,10D,14D,15D,18D,19D,20D,21D,22D,23D,24D,26D,27D,28D,29D,31D,32D,33D,34D. The normalized spacial score (nSPS) is 17.8. The summed E-state index contributed by atoms with van der Waals surface area (Å²) in [6, 6.07) is -0.521. The van der Waals surface area contributed by atoms with Gasteiger partial charge in [-0.2, -0.15) is 0 Å². The highest BCUT2D eigenvalue weighted by Gasteiger charge is 2.18. The fourth-order valence-corrected chi connectivity index (χ4v) is 7.29. The molecule has 3 heterocycles. The third kappa shape index (κ3) is 4.99. The molecule has 0 aliphatic heterocycles. The van der Waals surface area contributed by atoms with Gasteiger partial charge in [0.1, 0.15) is 11.2 Å². The second-order valence-electron chi connectivity index (χ2n) is 13.0. The van der Waals surface area contributed by atoms with Gasteiger partial charge in [-0.05, 0) is 106 Å². The molecule has 0 aliphatic carbocycles. The van der Waals surface area contributed by atoms with Gasteiger partial charge in [0.15, 0.2) is 0 Å². The zero-order chi connectivity index (χ0) is 58.3. The maximum absolute atomic E-state index is 9.96. The van der Waals surface area contributed by atoms with E-state index in [2.05, 4.69) is 0 Å². The van der Waals surface area contributed by atoms with E-state index in [9.17, 15) is 17.8 Å². The van der Waals surface area contributed by atoms with E-state index in [0.29, 0.717) is 11.3 Å². The highest BCUT2D eigenvalue weighted by atomic mass is 16.3. The summed E-state index contributed by atoms with van der Waals surface area (Å²) in [7, 11) is 0. The molecule has 0 spiro atoms. The minimum atomic E-state index is -0.878. The molecule has 0 N–H and O–H groups in total. The smallest absolute Gasteiger partial charge is 0.137 e. The maximum Gasteiger partial charge on any atom is 0.137 e. The molecule has 0 radical (unpaired) electrons. The Hall–Kier alpha value is -7.62. The predicted molar refractivity (Wildman–Crippen MR) is 239 cm³/mol. The first kappa shape index (κ1) is 16.2. The fraction of sp³-hybridized carbons (Fsp3) is 0. The van der Waals surface area contributed by atoms with Crippen LogP contribution in [-0.4, -0.2) is 9.13 Å². The molecule has 0 aliphatic rings. The predicted octanol–water partition coefficient (Wildman–Crippen LogP) is 14.8. The molecule has 3 heteroatoms. The van der Waals surface area contributed by atoms with Gasteiger partial charge in [0.05, 0.1) is 55.0 Å². The fourth-order valence-electron chi connectivity index (χ4n) is 7.29. The van der Waals surface area contributed by atoms with Crippen LogP contribution in [0.5, 0.6) is 0 Å². The van der Waals surface area contributed by atoms with Crippen LogP contribution >= 0.6 is 0 Å². The van der Waals surface area contributed by atoms with E-state index in [1.807, 2.05) is 36.4 Å². The van der Waals surface area contributed by atoms with Gasteiger partial charge in [0, 0.05) is 49.7 Å². The SMILES string of the molecule is [2H]c1c([2H])c([2H])c(-c2c([2H])c([2H])c3oc4c([2H])c(-n5c6c([2H])c([2H])c([2H])c([2H])c6c6c([2H])c(-c7c([2H])c([2H])c8c(c7[2H])c7c([2H])c([2H])c([2H])c([2H])c7n8-c7cccc(-c8ccccc8)c7)c([2H])c([2H])c65)cc([2H])c4c3c2[2H])c([2H])c1[2H]. The molecule has 0 atom stereocenters. The molecule has 0 saturated carbocycles. The number of hydrogen-bond acceptors (Lipinski definition) is 1. The number of benzene rings is 9. The summed E-state index contributed by atoms with van der Waals surface area (Å²) >= 11 is 0. The molecular formula is C54H34N2O. The summed E-state index contributed by atoms with van der Waals surface area (Å²) in [6.45, 7) is 0. The molecular weight excluding hydrogens is 693 g/mol. The maximum atomic E-state index is 9.96. The van der Waals surface area contributed by atoms with Crippen LogP contribution in [0.3, 0.4) is 0 Å². The van der Waals surface area contributed by atoms with E-state index in [1.165, 1.54) is 4.57 Å². The van der Waals surface area contributed by atoms with Crippen molar-refractivity contribution < 1.29 is 37.3 Å². The van der Waals surface area contributed by atoms with Gasteiger partial charge < -0.3 is 13.6 Å². The topological polar surface area (TPSA) is 23.0 Å². The highest BCUT2D eigenvalue weighted by Crippen LogP contribution is 2.40. The monoisotopic (exact) mass is 750 g/mol. The molecule has 3 aromatic heterocycles. The van der Waals surface area contributed by atoms with Crippen LogP contribution in [0.25, 0.3) is 110 Å². The zero-order valence-electron chi connectivity index (χ0n) is 53.1. The van der Waals surface area contributed by atoms with Crippen molar-refractivity contribution in [2.45, 2.75) is 0 Å². The van der Waals surface area contributed by atoms with Crippen molar-refractivity contribution in [3.05, 3.63) is 206 Å². The molecule has 0 saturated heterocycles. The second-order valence-corrected chi connectivity index (χ2v) is 13.0. The summed E-state index contributed by atoms with van der Waals surface area (Å²) < 4.78 is 227. The van der Waals surface area contributed by atoms with Crippen LogP contribution in [0, 0.1) is 0 Å². The average molecular weight is 751 g/mol. The molecule has 3 nitrogen and oxygen atoms in total. The second kappa shape index (κ2) is 12.5. The summed E-state index contributed by atoms with van der Waals surface area (Å²) in [4.78, 5) is 0. The third-order valence-corrected chi connectivity index (χ3v) is 9.82. The van der Waals surface area contributed by atoms with E-state index < -0.39 is 206 Å². The molecule has 0 unspecified atom stereocenters. The first-order valence-corrected chi connectivity index (χ1v) is 17.6. The number of para-hydroxylation sites is 2. The summed E-state index contributed by atoms with van der Waals surface area (Å²) in [5.74, 6) is 0. The lowest BCUT2D eigenvalue weighted by molar-refractivity contribution is 0.668. The Morgan fingerprint density at radius 3 is 1.63 bits per heavy atom. The van der Waals surface area contributed by atoms with Crippen molar-refractivity contribution >= 4 is 65.6 Å². The van der Waals surface area contributed by atoms with Crippen molar-refractivity contribution in [2.75, 3.05) is 0 Å². The number of nitrogens with zero attached hydrogens (tertiary/aromatic N) is 2. The van der Waals surface area contributed by atoms with Gasteiger partial charge in [0.2, 0.25) is 0 Å². The molecule has 0 fully saturated rings. The molecule has 0 bridgehead atoms. The minimum Gasteiger partial charge on any atom is -0.456 e. The van der Waals surface area contributed by atoms with Gasteiger partial charge in [-0.15, -0.1) is 0 Å². The minimum absolute atomic E-state index is 0.151. The van der Waals surface area contributed by atoms with Gasteiger partial charge >= 0.3 is 0 Å². The van der Waals surface area contributed by atoms with Crippen molar-refractivity contribution in [3.8, 4) is 44.8 Å². The molecule has 266 valence electrons. The number of furan rings is 1. The van der Waals surface area contributed by atoms with Gasteiger partial charge in [-0.3, -0.25) is 0 Å². The van der Waals surface area contributed by atoms with E-state index >= 15 is 0 Å². The first-order chi connectivity index (χ1) is 38.3. The molecule has 12 rings (SSSR count). The van der Waals surface area contributed by atoms with Crippen LogP contribution < -0.4 is 0 Å². The summed E-state index contributed by atoms with van der Waals surface area (Å²) in [5, 5.41) is -2.06. The Balaban J connectivity index is 1.18. The summed E-state index contributed by atoms with van der Waals surface area (Å²) in [6.07, 6.45) is 0. The highest BCUT2D eigenvalue weighted by molar-refractivity contribution is 6.13. The number of aromatic nitrogens is 2. The third-order valence-electron chi connectivity index (χ3n) is 9.82. The van der Waals surface area contributed by atoms with Gasteiger partial charge in [0.25, 0.3) is 0 Å². The van der Waals surface area contributed by atoms with Crippen molar-refractivity contribution in [1.29, 1.82) is 0 Å². The largest absolute Gasteiger partial charge is 0.456 e. The number of hydrogen-bond donors (Lipinski definition) is 0. The van der Waals surface area contributed by atoms with Crippen molar-refractivity contribution in [2.24, 2.45) is 0 Å². The van der Waals surface area contributed by atoms with E-state index in [1.54, 1.807) is 18.2 Å². The Morgan fingerprint density at radius 1 is 0.333 bits per heavy atom. The van der Waals surface area contributed by atoms with Crippen LogP contribution in [0.1, 0.15) is 32.9 Å². The summed E-state index contributed by atoms with van der Waals surface area (Å²) in [5.41, 5.74) is -3.39. The van der Waals surface area contributed by atoms with Gasteiger partial charge in [-0.25, -0.2) is 0 Å². The van der Waals surface area contributed by atoms with E-state index in [-0.39, 0.29) is 32.6 Å². The van der Waals surface area contributed by atoms with E-state index in [4.69, 9.17) is 19.5 Å². The quantitative estimate of drug-likeness (QED) is 0.172. The lowest BCUT2D eigenvalue weighted by Gasteiger charge is -2.11. The van der Waals surface area contributed by atoms with E-state index in [0.717, 1.165) is 16.2 Å². The molecule has 57 heavy (non-hydrogen) atoms. The Kier molecular flexibility index (Phi) is 3.55. The zero-order valence-corrected chi connectivity index (χ0v) is 29.1. The molecule has 12 aromatic rings. The Morgan fingerprint density at radius 2 is 0.912 bits per heavy atom. The molecule has 9 aromatic carbocycles. The first-order valence-electron chi connectivity index (χ1n) is 29.6. The van der Waals surface area contributed by atoms with Crippen molar-refractivity contribution in [3.63, 3.8) is 0 Å². The van der Waals surface area contributed by atoms with Crippen molar-refractivity contribution in [1.82, 2.24) is 9.13 Å². The molecule has 0 amide bonds. The van der Waals surface area contributed by atoms with Crippen LogP contribution in [-0.2, 0) is 0 Å². The Bertz CT molecular complexity index is 4900. The van der Waals surface area contributed by atoms with Gasteiger partial charge in [-0.1, -0.05) is 127 Å². The Labute approximate surface area is 362 Å². The average Bonchev–Trinajstić information content (AvgIpc) is 2.04. The lowest BCUT2D eigenvalue weighted by atomic mass is 10.0. The van der Waals surface area contributed by atoms with Crippen LogP contribution in [0.15, 0.2) is 210 Å². The van der Waals surface area contributed by atoms with Crippen LogP contribution in [0.4, 0.5) is 0 Å². The lowest BCUT2D eigenvalue weighted by Crippen LogP contribution is -1.94.